The molecule has 1 rings (SSSR count). The number of rotatable bonds is 4. The molecule has 1 unspecified atom stereocenters. The first-order valence-corrected chi connectivity index (χ1v) is 4.72. The van der Waals surface area contributed by atoms with E-state index in [4.69, 9.17) is 16.3 Å². The van der Waals surface area contributed by atoms with Gasteiger partial charge in [0.2, 0.25) is 0 Å². The van der Waals surface area contributed by atoms with Gasteiger partial charge in [0.25, 0.3) is 0 Å². The molecule has 1 aromatic rings. The summed E-state index contributed by atoms with van der Waals surface area (Å²) in [5.41, 5.74) is 0.705. The Balaban J connectivity index is 2.63. The molecule has 0 saturated carbocycles. The summed E-state index contributed by atoms with van der Waals surface area (Å²) in [7, 11) is 1.63. The maximum absolute atomic E-state index is 13.0. The van der Waals surface area contributed by atoms with Crippen LogP contribution in [0, 0.1) is 5.82 Å². The molecule has 4 heteroatoms. The van der Waals surface area contributed by atoms with E-state index in [0.717, 1.165) is 0 Å². The Hall–Kier alpha value is -0.800. The average Bonchev–Trinajstić information content (AvgIpc) is 2.12. The van der Waals surface area contributed by atoms with E-state index in [-0.39, 0.29) is 11.1 Å². The summed E-state index contributed by atoms with van der Waals surface area (Å²) >= 11 is 5.55. The molecule has 0 saturated heterocycles. The highest BCUT2D eigenvalue weighted by Gasteiger charge is 2.04. The third-order valence-corrected chi connectivity index (χ3v) is 2.06. The van der Waals surface area contributed by atoms with E-state index in [2.05, 4.69) is 5.32 Å². The van der Waals surface area contributed by atoms with Crippen molar-refractivity contribution >= 4 is 17.3 Å². The largest absolute Gasteiger partial charge is 0.383 e. The van der Waals surface area contributed by atoms with Crippen molar-refractivity contribution < 1.29 is 9.13 Å². The van der Waals surface area contributed by atoms with Crippen LogP contribution in [0.1, 0.15) is 6.92 Å². The molecule has 14 heavy (non-hydrogen) atoms. The van der Waals surface area contributed by atoms with E-state index >= 15 is 0 Å². The topological polar surface area (TPSA) is 21.3 Å². The molecular formula is C10H13ClFNO. The van der Waals surface area contributed by atoms with Gasteiger partial charge in [-0.15, -0.1) is 0 Å². The lowest BCUT2D eigenvalue weighted by Gasteiger charge is -2.14. The van der Waals surface area contributed by atoms with Crippen LogP contribution in [0.3, 0.4) is 0 Å². The summed E-state index contributed by atoms with van der Waals surface area (Å²) in [4.78, 5) is 0. The minimum absolute atomic E-state index is 0.134. The lowest BCUT2D eigenvalue weighted by atomic mass is 10.2. The Bertz CT molecular complexity index is 306. The van der Waals surface area contributed by atoms with Crippen molar-refractivity contribution in [3.63, 3.8) is 0 Å². The lowest BCUT2D eigenvalue weighted by molar-refractivity contribution is 0.190. The van der Waals surface area contributed by atoms with E-state index in [1.165, 1.54) is 12.1 Å². The summed E-state index contributed by atoms with van der Waals surface area (Å²) < 4.78 is 18.0. The second-order valence-electron chi connectivity index (χ2n) is 3.13. The molecule has 0 radical (unpaired) electrons. The highest BCUT2D eigenvalue weighted by atomic mass is 35.5. The van der Waals surface area contributed by atoms with Crippen LogP contribution in [0.2, 0.25) is 5.02 Å². The smallest absolute Gasteiger partial charge is 0.143 e. The molecule has 1 N–H and O–H groups in total. The Morgan fingerprint density at radius 3 is 2.86 bits per heavy atom. The zero-order valence-electron chi connectivity index (χ0n) is 8.18. The Morgan fingerprint density at radius 1 is 1.57 bits per heavy atom. The monoisotopic (exact) mass is 217 g/mol. The number of nitrogens with one attached hydrogen (secondary N) is 1. The minimum atomic E-state index is -0.415. The first-order valence-electron chi connectivity index (χ1n) is 4.34. The molecule has 0 aliphatic rings. The normalized spacial score (nSPS) is 12.6. The molecule has 0 aromatic heterocycles. The molecule has 0 spiro atoms. The fourth-order valence-corrected chi connectivity index (χ4v) is 1.28. The van der Waals surface area contributed by atoms with Crippen LogP contribution in [0.15, 0.2) is 18.2 Å². The second kappa shape index (κ2) is 5.17. The first kappa shape index (κ1) is 11.3. The molecule has 0 heterocycles. The van der Waals surface area contributed by atoms with Crippen LogP contribution in [-0.4, -0.2) is 19.8 Å². The molecule has 0 bridgehead atoms. The van der Waals surface area contributed by atoms with Gasteiger partial charge in [0, 0.05) is 18.8 Å². The van der Waals surface area contributed by atoms with Crippen LogP contribution >= 0.6 is 11.6 Å². The predicted molar refractivity (Wildman–Crippen MR) is 56.4 cm³/mol. The maximum atomic E-state index is 13.0. The van der Waals surface area contributed by atoms with Gasteiger partial charge in [-0.05, 0) is 25.1 Å². The number of ether oxygens (including phenoxy) is 1. The fraction of sp³-hybridized carbons (Fsp3) is 0.400. The molecular weight excluding hydrogens is 205 g/mol. The predicted octanol–water partition coefficient (Wildman–Crippen LogP) is 2.93. The fourth-order valence-electron chi connectivity index (χ4n) is 1.16. The SMILES string of the molecule is COCC(C)Nc1ccc(Cl)c(F)c1. The second-order valence-corrected chi connectivity index (χ2v) is 3.54. The number of halogens is 2. The van der Waals surface area contributed by atoms with Gasteiger partial charge < -0.3 is 10.1 Å². The third kappa shape index (κ3) is 3.16. The van der Waals surface area contributed by atoms with Crippen LogP contribution in [0.5, 0.6) is 0 Å². The summed E-state index contributed by atoms with van der Waals surface area (Å²) in [6.07, 6.45) is 0. The molecule has 0 fully saturated rings. The standard InChI is InChI=1S/C10H13ClFNO/c1-7(6-14-2)13-8-3-4-9(11)10(12)5-8/h3-5,7,13H,6H2,1-2H3. The molecule has 1 aromatic carbocycles. The Kier molecular flexibility index (Phi) is 4.17. The number of methoxy groups -OCH3 is 1. The highest BCUT2D eigenvalue weighted by Crippen LogP contribution is 2.19. The van der Waals surface area contributed by atoms with Crippen LogP contribution < -0.4 is 5.32 Å². The van der Waals surface area contributed by atoms with Gasteiger partial charge in [-0.1, -0.05) is 11.6 Å². The maximum Gasteiger partial charge on any atom is 0.143 e. The van der Waals surface area contributed by atoms with Crippen molar-refractivity contribution in [3.8, 4) is 0 Å². The zero-order valence-corrected chi connectivity index (χ0v) is 8.94. The van der Waals surface area contributed by atoms with E-state index in [1.807, 2.05) is 6.92 Å². The van der Waals surface area contributed by atoms with Crippen molar-refractivity contribution in [2.45, 2.75) is 13.0 Å². The Morgan fingerprint density at radius 2 is 2.29 bits per heavy atom. The lowest BCUT2D eigenvalue weighted by Crippen LogP contribution is -2.20. The number of anilines is 1. The van der Waals surface area contributed by atoms with Gasteiger partial charge in [0.05, 0.1) is 11.6 Å². The summed E-state index contributed by atoms with van der Waals surface area (Å²) in [5, 5.41) is 3.22. The minimum Gasteiger partial charge on any atom is -0.383 e. The molecule has 0 aliphatic heterocycles. The Labute approximate surface area is 88.0 Å². The average molecular weight is 218 g/mol. The van der Waals surface area contributed by atoms with Gasteiger partial charge in [-0.2, -0.15) is 0 Å². The number of hydrogen-bond acceptors (Lipinski definition) is 2. The van der Waals surface area contributed by atoms with Crippen LogP contribution in [0.4, 0.5) is 10.1 Å². The third-order valence-electron chi connectivity index (χ3n) is 1.75. The molecule has 0 amide bonds. The molecule has 2 nitrogen and oxygen atoms in total. The van der Waals surface area contributed by atoms with Crippen molar-refractivity contribution in [3.05, 3.63) is 29.0 Å². The van der Waals surface area contributed by atoms with Crippen molar-refractivity contribution in [1.29, 1.82) is 0 Å². The number of hydrogen-bond donors (Lipinski definition) is 1. The van der Waals surface area contributed by atoms with Gasteiger partial charge in [0.1, 0.15) is 5.82 Å². The van der Waals surface area contributed by atoms with Gasteiger partial charge in [-0.3, -0.25) is 0 Å². The van der Waals surface area contributed by atoms with Crippen molar-refractivity contribution in [2.75, 3.05) is 19.0 Å². The number of benzene rings is 1. The van der Waals surface area contributed by atoms with Crippen LogP contribution in [-0.2, 0) is 4.74 Å². The summed E-state index contributed by atoms with van der Waals surface area (Å²) in [5.74, 6) is -0.415. The quantitative estimate of drug-likeness (QED) is 0.838. The molecule has 78 valence electrons. The van der Waals surface area contributed by atoms with Gasteiger partial charge in [0.15, 0.2) is 0 Å². The van der Waals surface area contributed by atoms with Gasteiger partial charge in [-0.25, -0.2) is 4.39 Å². The van der Waals surface area contributed by atoms with E-state index < -0.39 is 5.82 Å². The molecule has 1 atom stereocenters. The molecule has 0 aliphatic carbocycles. The van der Waals surface area contributed by atoms with E-state index in [0.29, 0.717) is 12.3 Å². The van der Waals surface area contributed by atoms with E-state index in [1.54, 1.807) is 13.2 Å². The zero-order chi connectivity index (χ0) is 10.6. The highest BCUT2D eigenvalue weighted by molar-refractivity contribution is 6.30. The summed E-state index contributed by atoms with van der Waals surface area (Å²) in [6.45, 7) is 2.53. The van der Waals surface area contributed by atoms with Crippen molar-refractivity contribution in [2.24, 2.45) is 0 Å². The van der Waals surface area contributed by atoms with E-state index in [9.17, 15) is 4.39 Å². The summed E-state index contributed by atoms with van der Waals surface area (Å²) in [6, 6.07) is 4.77. The van der Waals surface area contributed by atoms with Gasteiger partial charge >= 0.3 is 0 Å². The van der Waals surface area contributed by atoms with Crippen LogP contribution in [0.25, 0.3) is 0 Å². The first-order chi connectivity index (χ1) is 6.63. The van der Waals surface area contributed by atoms with Crippen molar-refractivity contribution in [1.82, 2.24) is 0 Å².